The number of aryl methyl sites for hydroxylation is 1. The normalized spacial score (nSPS) is 10.8. The number of carboxylic acids is 1. The summed E-state index contributed by atoms with van der Waals surface area (Å²) in [6, 6.07) is 12.4. The maximum absolute atomic E-state index is 15.2. The van der Waals surface area contributed by atoms with Crippen LogP contribution in [0.3, 0.4) is 0 Å². The second-order valence-corrected chi connectivity index (χ2v) is 6.59. The van der Waals surface area contributed by atoms with Crippen molar-refractivity contribution in [1.29, 1.82) is 0 Å². The van der Waals surface area contributed by atoms with Crippen molar-refractivity contribution in [3.63, 3.8) is 0 Å². The lowest BCUT2D eigenvalue weighted by Crippen LogP contribution is -2.05. The number of hydrogen-bond acceptors (Lipinski definition) is 6. The second-order valence-electron chi connectivity index (χ2n) is 6.59. The van der Waals surface area contributed by atoms with Gasteiger partial charge < -0.3 is 23.9 Å². The number of imidazole rings is 1. The van der Waals surface area contributed by atoms with Crippen LogP contribution < -0.4 is 14.2 Å². The molecule has 0 aliphatic carbocycles. The van der Waals surface area contributed by atoms with Crippen molar-refractivity contribution < 1.29 is 28.5 Å². The average Bonchev–Trinajstić information content (AvgIpc) is 3.10. The molecule has 0 aliphatic heterocycles. The molecule has 0 radical (unpaired) electrons. The highest BCUT2D eigenvalue weighted by atomic mass is 19.1. The topological polar surface area (TPSA) is 95.7 Å². The van der Waals surface area contributed by atoms with E-state index in [9.17, 15) is 4.79 Å². The summed E-state index contributed by atoms with van der Waals surface area (Å²) in [6.45, 7) is 0.0332. The Morgan fingerprint density at radius 1 is 1.16 bits per heavy atom. The number of methoxy groups -OCH3 is 1. The third-order valence-electron chi connectivity index (χ3n) is 4.62. The molecule has 0 saturated carbocycles. The molecule has 0 saturated heterocycles. The van der Waals surface area contributed by atoms with E-state index in [2.05, 4.69) is 9.97 Å². The predicted octanol–water partition coefficient (Wildman–Crippen LogP) is 4.19. The van der Waals surface area contributed by atoms with Crippen LogP contribution >= 0.6 is 0 Å². The van der Waals surface area contributed by atoms with Crippen molar-refractivity contribution in [2.24, 2.45) is 7.05 Å². The molecule has 2 heterocycles. The molecule has 8 nitrogen and oxygen atoms in total. The SMILES string of the molecule is COc1cc(Oc2ccc3nc(COc4cccc(C(=O)O)c4)n(C)c3c2F)ccn1. The zero-order valence-corrected chi connectivity index (χ0v) is 16.7. The van der Waals surface area contributed by atoms with Gasteiger partial charge in [-0.2, -0.15) is 0 Å². The van der Waals surface area contributed by atoms with Gasteiger partial charge in [0.05, 0.1) is 18.2 Å². The van der Waals surface area contributed by atoms with Crippen LogP contribution in [-0.2, 0) is 13.7 Å². The van der Waals surface area contributed by atoms with Crippen molar-refractivity contribution in [3.05, 3.63) is 71.9 Å². The molecule has 2 aromatic heterocycles. The van der Waals surface area contributed by atoms with Crippen LogP contribution in [0.5, 0.6) is 23.1 Å². The quantitative estimate of drug-likeness (QED) is 0.476. The number of rotatable bonds is 7. The smallest absolute Gasteiger partial charge is 0.335 e. The van der Waals surface area contributed by atoms with Crippen molar-refractivity contribution >= 4 is 17.0 Å². The minimum atomic E-state index is -1.05. The molecule has 9 heteroatoms. The molecule has 0 amide bonds. The van der Waals surface area contributed by atoms with Gasteiger partial charge in [-0.1, -0.05) is 6.07 Å². The summed E-state index contributed by atoms with van der Waals surface area (Å²) in [5.74, 6) is 0.00267. The molecule has 0 unspecified atom stereocenters. The van der Waals surface area contributed by atoms with Gasteiger partial charge >= 0.3 is 5.97 Å². The largest absolute Gasteiger partial charge is 0.486 e. The number of pyridine rings is 1. The van der Waals surface area contributed by atoms with E-state index in [0.717, 1.165) is 0 Å². The highest BCUT2D eigenvalue weighted by Gasteiger charge is 2.17. The molecule has 31 heavy (non-hydrogen) atoms. The van der Waals surface area contributed by atoms with E-state index < -0.39 is 11.8 Å². The summed E-state index contributed by atoms with van der Waals surface area (Å²) in [4.78, 5) is 19.5. The van der Waals surface area contributed by atoms with Gasteiger partial charge in [-0.25, -0.2) is 19.2 Å². The van der Waals surface area contributed by atoms with E-state index in [1.165, 1.54) is 31.5 Å². The van der Waals surface area contributed by atoms with Gasteiger partial charge in [-0.05, 0) is 36.4 Å². The minimum absolute atomic E-state index is 0.0328. The number of aromatic carboxylic acids is 1. The number of nitrogens with zero attached hydrogens (tertiary/aromatic N) is 3. The molecule has 0 atom stereocenters. The highest BCUT2D eigenvalue weighted by molar-refractivity contribution is 5.88. The number of ether oxygens (including phenoxy) is 3. The molecular weight excluding hydrogens is 405 g/mol. The molecule has 4 aromatic rings. The van der Waals surface area contributed by atoms with Crippen molar-refractivity contribution in [2.45, 2.75) is 6.61 Å². The number of carbonyl (C=O) groups is 1. The summed E-state index contributed by atoms with van der Waals surface area (Å²) in [6.07, 6.45) is 1.50. The molecule has 4 rings (SSSR count). The third kappa shape index (κ3) is 4.11. The highest BCUT2D eigenvalue weighted by Crippen LogP contribution is 2.31. The first-order valence-electron chi connectivity index (χ1n) is 9.24. The Hall–Kier alpha value is -4.14. The Morgan fingerprint density at radius 2 is 2.00 bits per heavy atom. The van der Waals surface area contributed by atoms with E-state index >= 15 is 4.39 Å². The first kappa shape index (κ1) is 20.1. The Balaban J connectivity index is 1.59. The lowest BCUT2D eigenvalue weighted by Gasteiger charge is -2.09. The lowest BCUT2D eigenvalue weighted by molar-refractivity contribution is 0.0696. The predicted molar refractivity (Wildman–Crippen MR) is 109 cm³/mol. The number of hydrogen-bond donors (Lipinski definition) is 1. The number of halogens is 1. The van der Waals surface area contributed by atoms with Crippen LogP contribution in [0.4, 0.5) is 4.39 Å². The average molecular weight is 423 g/mol. The van der Waals surface area contributed by atoms with E-state index in [1.54, 1.807) is 41.9 Å². The maximum Gasteiger partial charge on any atom is 0.335 e. The summed E-state index contributed by atoms with van der Waals surface area (Å²) >= 11 is 0. The summed E-state index contributed by atoms with van der Waals surface area (Å²) in [7, 11) is 3.15. The first-order valence-corrected chi connectivity index (χ1v) is 9.24. The van der Waals surface area contributed by atoms with Crippen LogP contribution in [0.25, 0.3) is 11.0 Å². The number of carboxylic acid groups (broad SMARTS) is 1. The van der Waals surface area contributed by atoms with Gasteiger partial charge in [0, 0.05) is 19.3 Å². The lowest BCUT2D eigenvalue weighted by atomic mass is 10.2. The fraction of sp³-hybridized carbons (Fsp3) is 0.136. The molecule has 158 valence electrons. The second kappa shape index (κ2) is 8.31. The van der Waals surface area contributed by atoms with E-state index in [4.69, 9.17) is 19.3 Å². The Labute approximate surface area is 176 Å². The van der Waals surface area contributed by atoms with Crippen LogP contribution in [-0.4, -0.2) is 32.7 Å². The van der Waals surface area contributed by atoms with Crippen LogP contribution in [0.15, 0.2) is 54.7 Å². The summed E-state index contributed by atoms with van der Waals surface area (Å²) < 4.78 is 33.1. The molecule has 0 spiro atoms. The van der Waals surface area contributed by atoms with Crippen LogP contribution in [0.1, 0.15) is 16.2 Å². The monoisotopic (exact) mass is 423 g/mol. The Morgan fingerprint density at radius 3 is 2.77 bits per heavy atom. The molecule has 1 N–H and O–H groups in total. The molecule has 0 aliphatic rings. The molecule has 0 fully saturated rings. The fourth-order valence-corrected chi connectivity index (χ4v) is 3.06. The van der Waals surface area contributed by atoms with Crippen LogP contribution in [0.2, 0.25) is 0 Å². The van der Waals surface area contributed by atoms with Gasteiger partial charge in [-0.3, -0.25) is 0 Å². The summed E-state index contributed by atoms with van der Waals surface area (Å²) in [5, 5.41) is 9.09. The van der Waals surface area contributed by atoms with E-state index in [0.29, 0.717) is 28.7 Å². The Kier molecular flexibility index (Phi) is 5.40. The van der Waals surface area contributed by atoms with E-state index in [-0.39, 0.29) is 23.4 Å². The van der Waals surface area contributed by atoms with Gasteiger partial charge in [0.25, 0.3) is 0 Å². The fourth-order valence-electron chi connectivity index (χ4n) is 3.06. The van der Waals surface area contributed by atoms with Gasteiger partial charge in [0.15, 0.2) is 11.6 Å². The molecular formula is C22H18FN3O5. The molecule has 2 aromatic carbocycles. The molecule has 0 bridgehead atoms. The van der Waals surface area contributed by atoms with Crippen molar-refractivity contribution in [1.82, 2.24) is 14.5 Å². The summed E-state index contributed by atoms with van der Waals surface area (Å²) in [5.41, 5.74) is 0.817. The number of benzene rings is 2. The zero-order valence-electron chi connectivity index (χ0n) is 16.7. The van der Waals surface area contributed by atoms with Gasteiger partial charge in [0.1, 0.15) is 29.4 Å². The maximum atomic E-state index is 15.2. The van der Waals surface area contributed by atoms with E-state index in [1.807, 2.05) is 0 Å². The third-order valence-corrected chi connectivity index (χ3v) is 4.62. The number of fused-ring (bicyclic) bond motifs is 1. The minimum Gasteiger partial charge on any atom is -0.486 e. The first-order chi connectivity index (χ1) is 15.0. The van der Waals surface area contributed by atoms with Gasteiger partial charge in [-0.15, -0.1) is 0 Å². The van der Waals surface area contributed by atoms with Gasteiger partial charge in [0.2, 0.25) is 5.88 Å². The standard InChI is InChI=1S/C22H18FN3O5/c1-26-18(12-30-14-5-3-4-13(10-14)22(27)28)25-16-6-7-17(20(23)21(16)26)31-15-8-9-24-19(11-15)29-2/h3-11H,12H2,1-2H3,(H,27,28). The van der Waals surface area contributed by atoms with Crippen LogP contribution in [0, 0.1) is 5.82 Å². The number of aromatic nitrogens is 3. The van der Waals surface area contributed by atoms with Crippen molar-refractivity contribution in [3.8, 4) is 23.1 Å². The zero-order chi connectivity index (χ0) is 22.0. The Bertz CT molecular complexity index is 1270. The van der Waals surface area contributed by atoms with Crippen molar-refractivity contribution in [2.75, 3.05) is 7.11 Å².